The highest BCUT2D eigenvalue weighted by Gasteiger charge is 2.18. The van der Waals surface area contributed by atoms with Crippen LogP contribution in [-0.2, 0) is 11.3 Å². The van der Waals surface area contributed by atoms with Gasteiger partial charge in [0.15, 0.2) is 0 Å². The van der Waals surface area contributed by atoms with Crippen molar-refractivity contribution in [1.29, 1.82) is 0 Å². The summed E-state index contributed by atoms with van der Waals surface area (Å²) >= 11 is 0. The molecule has 1 heterocycles. The van der Waals surface area contributed by atoms with Crippen LogP contribution in [0.25, 0.3) is 11.1 Å². The normalized spacial score (nSPS) is 10.5. The number of rotatable bonds is 4. The van der Waals surface area contributed by atoms with Gasteiger partial charge in [0.25, 0.3) is 5.56 Å². The van der Waals surface area contributed by atoms with E-state index in [0.29, 0.717) is 0 Å². The number of aromatic amines is 1. The van der Waals surface area contributed by atoms with E-state index in [-0.39, 0.29) is 24.1 Å². The van der Waals surface area contributed by atoms with Crippen LogP contribution in [0.3, 0.4) is 0 Å². The zero-order chi connectivity index (χ0) is 15.6. The Labute approximate surface area is 117 Å². The smallest absolute Gasteiger partial charge is 0.331 e. The molecule has 0 aliphatic carbocycles. The highest BCUT2D eigenvalue weighted by molar-refractivity contribution is 5.73. The summed E-state index contributed by atoms with van der Waals surface area (Å²) in [5.41, 5.74) is 2.63. The molecular formula is C13H12FN3O4. The number of primary amides is 1. The van der Waals surface area contributed by atoms with Gasteiger partial charge in [-0.05, 0) is 6.07 Å². The summed E-state index contributed by atoms with van der Waals surface area (Å²) in [4.78, 5) is 36.2. The van der Waals surface area contributed by atoms with Crippen molar-refractivity contribution in [2.45, 2.75) is 13.0 Å². The van der Waals surface area contributed by atoms with E-state index >= 15 is 0 Å². The quantitative estimate of drug-likeness (QED) is 0.730. The number of carbonyl (C=O) groups is 1. The van der Waals surface area contributed by atoms with E-state index in [1.807, 2.05) is 4.98 Å². The SMILES string of the molecule is NC(=O)CCn1c(O)c(-c2ccccc2F)c(=O)[nH]c1=O. The van der Waals surface area contributed by atoms with Gasteiger partial charge in [0.1, 0.15) is 11.4 Å². The number of halogens is 1. The topological polar surface area (TPSA) is 118 Å². The molecule has 0 bridgehead atoms. The molecule has 21 heavy (non-hydrogen) atoms. The largest absolute Gasteiger partial charge is 0.494 e. The van der Waals surface area contributed by atoms with Crippen molar-refractivity contribution in [2.24, 2.45) is 5.73 Å². The standard InChI is InChI=1S/C13H12FN3O4/c14-8-4-2-1-3-7(8)10-11(19)16-13(21)17(12(10)20)6-5-9(15)18/h1-4,20H,5-6H2,(H2,15,18)(H,16,19,21). The highest BCUT2D eigenvalue weighted by Crippen LogP contribution is 2.26. The number of nitrogens with one attached hydrogen (secondary N) is 1. The minimum atomic E-state index is -0.919. The third-order valence-electron chi connectivity index (χ3n) is 2.90. The van der Waals surface area contributed by atoms with Gasteiger partial charge in [-0.25, -0.2) is 9.18 Å². The number of aromatic nitrogens is 2. The van der Waals surface area contributed by atoms with Crippen LogP contribution >= 0.6 is 0 Å². The molecule has 0 atom stereocenters. The van der Waals surface area contributed by atoms with Crippen molar-refractivity contribution in [3.8, 4) is 17.0 Å². The summed E-state index contributed by atoms with van der Waals surface area (Å²) < 4.78 is 14.5. The number of aromatic hydroxyl groups is 1. The molecule has 0 saturated carbocycles. The molecule has 2 rings (SSSR count). The molecule has 0 saturated heterocycles. The average molecular weight is 293 g/mol. The molecule has 0 aliphatic heterocycles. The van der Waals surface area contributed by atoms with E-state index < -0.39 is 28.9 Å². The Morgan fingerprint density at radius 3 is 2.62 bits per heavy atom. The first-order chi connectivity index (χ1) is 9.91. The van der Waals surface area contributed by atoms with Crippen LogP contribution in [0.4, 0.5) is 4.39 Å². The second-order valence-electron chi connectivity index (χ2n) is 4.31. The zero-order valence-corrected chi connectivity index (χ0v) is 10.8. The number of hydrogen-bond acceptors (Lipinski definition) is 4. The van der Waals surface area contributed by atoms with Crippen molar-refractivity contribution in [2.75, 3.05) is 0 Å². The molecule has 0 aliphatic rings. The molecule has 1 aromatic carbocycles. The van der Waals surface area contributed by atoms with E-state index in [1.165, 1.54) is 18.2 Å². The molecular weight excluding hydrogens is 281 g/mol. The van der Waals surface area contributed by atoms with E-state index in [0.717, 1.165) is 10.6 Å². The Morgan fingerprint density at radius 1 is 1.33 bits per heavy atom. The Hall–Kier alpha value is -2.90. The molecule has 0 unspecified atom stereocenters. The van der Waals surface area contributed by atoms with Gasteiger partial charge >= 0.3 is 5.69 Å². The van der Waals surface area contributed by atoms with E-state index in [4.69, 9.17) is 5.73 Å². The Morgan fingerprint density at radius 2 is 2.00 bits per heavy atom. The van der Waals surface area contributed by atoms with E-state index in [1.54, 1.807) is 0 Å². The average Bonchev–Trinajstić information content (AvgIpc) is 2.40. The first-order valence-electron chi connectivity index (χ1n) is 6.01. The van der Waals surface area contributed by atoms with Crippen molar-refractivity contribution in [1.82, 2.24) is 9.55 Å². The minimum absolute atomic E-state index is 0.149. The number of nitrogens with zero attached hydrogens (tertiary/aromatic N) is 1. The van der Waals surface area contributed by atoms with Crippen molar-refractivity contribution < 1.29 is 14.3 Å². The Balaban J connectivity index is 2.65. The minimum Gasteiger partial charge on any atom is -0.494 e. The maximum absolute atomic E-state index is 13.8. The van der Waals surface area contributed by atoms with Crippen LogP contribution in [0, 0.1) is 5.82 Å². The van der Waals surface area contributed by atoms with Gasteiger partial charge in [0.2, 0.25) is 11.8 Å². The summed E-state index contributed by atoms with van der Waals surface area (Å²) in [6, 6.07) is 5.32. The van der Waals surface area contributed by atoms with Crippen molar-refractivity contribution in [3.63, 3.8) is 0 Å². The zero-order valence-electron chi connectivity index (χ0n) is 10.8. The number of amides is 1. The summed E-state index contributed by atoms with van der Waals surface area (Å²) in [5, 5.41) is 10.1. The van der Waals surface area contributed by atoms with Gasteiger partial charge in [-0.1, -0.05) is 18.2 Å². The van der Waals surface area contributed by atoms with Crippen LogP contribution in [0.5, 0.6) is 5.88 Å². The predicted molar refractivity (Wildman–Crippen MR) is 72.2 cm³/mol. The molecule has 1 aromatic heterocycles. The number of benzene rings is 1. The lowest BCUT2D eigenvalue weighted by Crippen LogP contribution is -2.32. The van der Waals surface area contributed by atoms with Gasteiger partial charge in [-0.3, -0.25) is 19.1 Å². The van der Waals surface area contributed by atoms with Gasteiger partial charge in [0, 0.05) is 18.5 Å². The van der Waals surface area contributed by atoms with Crippen LogP contribution in [0.15, 0.2) is 33.9 Å². The van der Waals surface area contributed by atoms with Crippen molar-refractivity contribution >= 4 is 5.91 Å². The van der Waals surface area contributed by atoms with Crippen LogP contribution in [-0.4, -0.2) is 20.6 Å². The first-order valence-corrected chi connectivity index (χ1v) is 6.01. The number of H-pyrrole nitrogens is 1. The molecule has 8 heteroatoms. The van der Waals surface area contributed by atoms with E-state index in [9.17, 15) is 23.9 Å². The van der Waals surface area contributed by atoms with Gasteiger partial charge < -0.3 is 10.8 Å². The third kappa shape index (κ3) is 2.83. The van der Waals surface area contributed by atoms with Gasteiger partial charge in [-0.2, -0.15) is 0 Å². The lowest BCUT2D eigenvalue weighted by molar-refractivity contribution is -0.118. The molecule has 0 fully saturated rings. The highest BCUT2D eigenvalue weighted by atomic mass is 19.1. The predicted octanol–water partition coefficient (Wildman–Crippen LogP) is -0.0763. The molecule has 7 nitrogen and oxygen atoms in total. The summed E-state index contributed by atoms with van der Waals surface area (Å²) in [7, 11) is 0. The summed E-state index contributed by atoms with van der Waals surface area (Å²) in [5.74, 6) is -2.12. The lowest BCUT2D eigenvalue weighted by Gasteiger charge is -2.11. The third-order valence-corrected chi connectivity index (χ3v) is 2.90. The fraction of sp³-hybridized carbons (Fsp3) is 0.154. The maximum Gasteiger partial charge on any atom is 0.331 e. The molecule has 4 N–H and O–H groups in total. The second-order valence-corrected chi connectivity index (χ2v) is 4.31. The molecule has 2 aromatic rings. The number of carbonyl (C=O) groups excluding carboxylic acids is 1. The fourth-order valence-electron chi connectivity index (χ4n) is 1.90. The van der Waals surface area contributed by atoms with Crippen LogP contribution < -0.4 is 17.0 Å². The van der Waals surface area contributed by atoms with Gasteiger partial charge in [-0.15, -0.1) is 0 Å². The monoisotopic (exact) mass is 293 g/mol. The first kappa shape index (κ1) is 14.5. The maximum atomic E-state index is 13.8. The summed E-state index contributed by atoms with van der Waals surface area (Å²) in [6.45, 7) is -0.224. The van der Waals surface area contributed by atoms with E-state index in [2.05, 4.69) is 0 Å². The lowest BCUT2D eigenvalue weighted by atomic mass is 10.1. The van der Waals surface area contributed by atoms with Crippen LogP contribution in [0.2, 0.25) is 0 Å². The van der Waals surface area contributed by atoms with Gasteiger partial charge in [0.05, 0.1) is 0 Å². The molecule has 0 spiro atoms. The van der Waals surface area contributed by atoms with Crippen LogP contribution in [0.1, 0.15) is 6.42 Å². The molecule has 110 valence electrons. The Bertz CT molecular complexity index is 810. The molecule has 1 amide bonds. The number of hydrogen-bond donors (Lipinski definition) is 3. The fourth-order valence-corrected chi connectivity index (χ4v) is 1.90. The number of nitrogens with two attached hydrogens (primary N) is 1. The Kier molecular flexibility index (Phi) is 3.88. The molecule has 0 radical (unpaired) electrons. The second kappa shape index (κ2) is 5.61. The van der Waals surface area contributed by atoms with Crippen molar-refractivity contribution in [3.05, 3.63) is 50.9 Å². The summed E-state index contributed by atoms with van der Waals surface area (Å²) in [6.07, 6.45) is -0.212.